The Hall–Kier alpha value is -1.31. The van der Waals surface area contributed by atoms with E-state index in [0.717, 1.165) is 5.47 Å². The second-order valence-electron chi connectivity index (χ2n) is 7.66. The maximum Gasteiger partial charge on any atom is 0.494 e. The molecule has 0 amide bonds. The van der Waals surface area contributed by atoms with Crippen LogP contribution in [0.4, 0.5) is 0 Å². The average Bonchev–Trinajstić information content (AvgIpc) is 3.07. The molecule has 5 nitrogen and oxygen atoms in total. The second-order valence-corrected chi connectivity index (χ2v) is 9.96. The van der Waals surface area contributed by atoms with E-state index in [1.807, 2.05) is 39.8 Å². The molecule has 1 atom stereocenters. The monoisotopic (exact) mass is 349 g/mol. The molecule has 130 valence electrons. The fraction of sp³-hybridized carbons (Fsp3) is 0.529. The van der Waals surface area contributed by atoms with E-state index in [1.54, 1.807) is 37.5 Å². The predicted octanol–water partition coefficient (Wildman–Crippen LogP) is 2.94. The first-order valence-electron chi connectivity index (χ1n) is 8.12. The van der Waals surface area contributed by atoms with Crippen molar-refractivity contribution in [2.45, 2.75) is 57.0 Å². The lowest BCUT2D eigenvalue weighted by atomic mass is 9.74. The van der Waals surface area contributed by atoms with E-state index in [2.05, 4.69) is 0 Å². The molecule has 1 saturated heterocycles. The number of hydrogen-bond donors (Lipinski definition) is 0. The zero-order valence-corrected chi connectivity index (χ0v) is 15.6. The Labute approximate surface area is 144 Å². The van der Waals surface area contributed by atoms with Gasteiger partial charge in [0.25, 0.3) is 0 Å². The van der Waals surface area contributed by atoms with Gasteiger partial charge in [-0.15, -0.1) is 0 Å². The summed E-state index contributed by atoms with van der Waals surface area (Å²) in [5.74, 6) is 0. The van der Waals surface area contributed by atoms with E-state index in [1.165, 1.54) is 3.97 Å². The lowest BCUT2D eigenvalue weighted by Gasteiger charge is -2.32. The highest BCUT2D eigenvalue weighted by atomic mass is 32.2. The minimum Gasteiger partial charge on any atom is -0.399 e. The minimum absolute atomic E-state index is 0.378. The van der Waals surface area contributed by atoms with Gasteiger partial charge in [0, 0.05) is 12.4 Å². The summed E-state index contributed by atoms with van der Waals surface area (Å²) in [5.41, 5.74) is 0.0445. The predicted molar refractivity (Wildman–Crippen MR) is 95.1 cm³/mol. The van der Waals surface area contributed by atoms with Crippen LogP contribution < -0.4 is 0 Å². The van der Waals surface area contributed by atoms with Gasteiger partial charge in [-0.1, -0.05) is 18.2 Å². The van der Waals surface area contributed by atoms with Crippen LogP contribution in [-0.4, -0.2) is 35.5 Å². The normalized spacial score (nSPS) is 28.9. The van der Waals surface area contributed by atoms with Crippen LogP contribution >= 0.6 is 0 Å². The smallest absolute Gasteiger partial charge is 0.399 e. The van der Waals surface area contributed by atoms with Crippen molar-refractivity contribution in [3.8, 4) is 0 Å². The van der Waals surface area contributed by atoms with E-state index >= 15 is 0 Å². The summed E-state index contributed by atoms with van der Waals surface area (Å²) in [6.07, 6.45) is 8.95. The maximum absolute atomic E-state index is 12.8. The number of rotatable bonds is 3. The van der Waals surface area contributed by atoms with Crippen LogP contribution in [0.3, 0.4) is 0 Å². The molecular formula is C17H24BNO4S. The van der Waals surface area contributed by atoms with Crippen molar-refractivity contribution in [3.63, 3.8) is 0 Å². The van der Waals surface area contributed by atoms with Gasteiger partial charge in [-0.25, -0.2) is 8.42 Å². The van der Waals surface area contributed by atoms with Gasteiger partial charge in [0.15, 0.2) is 0 Å². The molecule has 0 saturated carbocycles. The molecule has 7 heteroatoms. The largest absolute Gasteiger partial charge is 0.494 e. The van der Waals surface area contributed by atoms with Crippen LogP contribution in [-0.2, 0) is 19.3 Å². The molecule has 1 fully saturated rings. The first kappa shape index (κ1) is 17.5. The summed E-state index contributed by atoms with van der Waals surface area (Å²) in [6.45, 7) is 9.74. The van der Waals surface area contributed by atoms with Gasteiger partial charge in [0.05, 0.1) is 11.2 Å². The maximum atomic E-state index is 12.8. The lowest BCUT2D eigenvalue weighted by molar-refractivity contribution is 0.00578. The van der Waals surface area contributed by atoms with Crippen LogP contribution in [0, 0.1) is 0 Å². The molecule has 0 aromatic carbocycles. The van der Waals surface area contributed by atoms with Gasteiger partial charge in [-0.2, -0.15) is 0 Å². The fourth-order valence-electron chi connectivity index (χ4n) is 2.79. The first-order valence-corrected chi connectivity index (χ1v) is 9.56. The molecule has 1 aliphatic heterocycles. The minimum atomic E-state index is -3.51. The van der Waals surface area contributed by atoms with Crippen molar-refractivity contribution >= 4 is 17.1 Å². The zero-order valence-electron chi connectivity index (χ0n) is 14.8. The van der Waals surface area contributed by atoms with Crippen molar-refractivity contribution in [3.05, 3.63) is 48.2 Å². The highest BCUT2D eigenvalue weighted by Gasteiger charge is 2.52. The Morgan fingerprint density at radius 2 is 1.58 bits per heavy atom. The summed E-state index contributed by atoms with van der Waals surface area (Å²) < 4.78 is 38.0. The number of nitrogens with zero attached hydrogens (tertiary/aromatic N) is 1. The van der Waals surface area contributed by atoms with Crippen molar-refractivity contribution in [1.29, 1.82) is 0 Å². The Kier molecular flexibility index (Phi) is 3.90. The van der Waals surface area contributed by atoms with E-state index in [9.17, 15) is 8.42 Å². The third-order valence-electron chi connectivity index (χ3n) is 5.34. The van der Waals surface area contributed by atoms with Crippen LogP contribution in [0.2, 0.25) is 0 Å². The summed E-state index contributed by atoms with van der Waals surface area (Å²) in [4.78, 5) is 0. The number of allylic oxidation sites excluding steroid dienone is 3. The zero-order chi connectivity index (χ0) is 17.8. The third-order valence-corrected chi connectivity index (χ3v) is 7.62. The average molecular weight is 349 g/mol. The quantitative estimate of drug-likeness (QED) is 0.788. The highest BCUT2D eigenvalue weighted by Crippen LogP contribution is 2.40. The molecule has 2 aliphatic rings. The Balaban J connectivity index is 1.82. The van der Waals surface area contributed by atoms with E-state index < -0.39 is 33.1 Å². The van der Waals surface area contributed by atoms with Crippen molar-refractivity contribution in [1.82, 2.24) is 3.97 Å². The van der Waals surface area contributed by atoms with Crippen LogP contribution in [0.15, 0.2) is 48.2 Å². The lowest BCUT2D eigenvalue weighted by Crippen LogP contribution is -2.41. The number of aromatic nitrogens is 1. The van der Waals surface area contributed by atoms with Crippen molar-refractivity contribution < 1.29 is 17.7 Å². The first-order chi connectivity index (χ1) is 11.0. The molecule has 0 N–H and O–H groups in total. The molecule has 24 heavy (non-hydrogen) atoms. The molecule has 1 unspecified atom stereocenters. The Bertz CT molecular complexity index is 777. The van der Waals surface area contributed by atoms with Crippen molar-refractivity contribution in [2.24, 2.45) is 0 Å². The number of hydrogen-bond acceptors (Lipinski definition) is 4. The van der Waals surface area contributed by atoms with Crippen LogP contribution in [0.5, 0.6) is 0 Å². The molecule has 1 aromatic heterocycles. The van der Waals surface area contributed by atoms with Gasteiger partial charge in [-0.05, 0) is 58.6 Å². The van der Waals surface area contributed by atoms with E-state index in [0.29, 0.717) is 6.42 Å². The molecule has 0 bridgehead atoms. The Morgan fingerprint density at radius 3 is 2.04 bits per heavy atom. The molecule has 0 radical (unpaired) electrons. The second kappa shape index (κ2) is 5.34. The van der Waals surface area contributed by atoms with Crippen LogP contribution in [0.25, 0.3) is 0 Å². The summed E-state index contributed by atoms with van der Waals surface area (Å²) >= 11 is 0. The van der Waals surface area contributed by atoms with Gasteiger partial charge < -0.3 is 9.31 Å². The molecule has 0 spiro atoms. The van der Waals surface area contributed by atoms with E-state index in [4.69, 9.17) is 9.31 Å². The SMILES string of the molecule is CC1(C)OB(C2=CCC(C)(S(=O)(=O)n3cccc3)C=C2)OC1(C)C. The molecule has 2 heterocycles. The molecular weight excluding hydrogens is 325 g/mol. The standard InChI is InChI=1S/C17H24BNO4S/c1-15(2)16(3,4)23-18(22-15)14-8-10-17(5,11-9-14)24(20,21)19-12-6-7-13-19/h6-10,12-13H,11H2,1-5H3. The molecule has 1 aromatic rings. The Morgan fingerprint density at radius 1 is 1.04 bits per heavy atom. The highest BCUT2D eigenvalue weighted by molar-refractivity contribution is 7.91. The van der Waals surface area contributed by atoms with Gasteiger partial charge in [-0.3, -0.25) is 3.97 Å². The summed E-state index contributed by atoms with van der Waals surface area (Å²) in [7, 11) is -3.97. The third kappa shape index (κ3) is 2.59. The summed E-state index contributed by atoms with van der Waals surface area (Å²) in [5, 5.41) is 0. The molecule has 1 aliphatic carbocycles. The summed E-state index contributed by atoms with van der Waals surface area (Å²) in [6, 6.07) is 3.41. The molecule has 3 rings (SSSR count). The van der Waals surface area contributed by atoms with E-state index in [-0.39, 0.29) is 0 Å². The fourth-order valence-corrected chi connectivity index (χ4v) is 4.27. The van der Waals surface area contributed by atoms with Gasteiger partial charge in [0.2, 0.25) is 10.0 Å². The topological polar surface area (TPSA) is 57.5 Å². The van der Waals surface area contributed by atoms with Crippen LogP contribution in [0.1, 0.15) is 41.0 Å². The van der Waals surface area contributed by atoms with Crippen molar-refractivity contribution in [2.75, 3.05) is 0 Å². The van der Waals surface area contributed by atoms with Gasteiger partial charge in [0.1, 0.15) is 4.75 Å². The van der Waals surface area contributed by atoms with Gasteiger partial charge >= 0.3 is 7.12 Å².